The normalized spacial score (nSPS) is 11.2. The fourth-order valence-corrected chi connectivity index (χ4v) is 2.65. The van der Waals surface area contributed by atoms with Gasteiger partial charge in [0.2, 0.25) is 5.88 Å². The molecule has 0 spiro atoms. The van der Waals surface area contributed by atoms with E-state index in [-0.39, 0.29) is 12.2 Å². The van der Waals surface area contributed by atoms with Gasteiger partial charge in [0.25, 0.3) is 0 Å². The number of nitrogens with zero attached hydrogens (tertiary/aromatic N) is 3. The molecule has 0 saturated heterocycles. The number of pyridine rings is 1. The summed E-state index contributed by atoms with van der Waals surface area (Å²) < 4.78 is 12.7. The Kier molecular flexibility index (Phi) is 5.53. The van der Waals surface area contributed by atoms with Crippen LogP contribution in [-0.4, -0.2) is 22.0 Å². The van der Waals surface area contributed by atoms with Gasteiger partial charge >= 0.3 is 5.97 Å². The highest BCUT2D eigenvalue weighted by Crippen LogP contribution is 2.25. The second-order valence-electron chi connectivity index (χ2n) is 5.85. The van der Waals surface area contributed by atoms with Gasteiger partial charge in [-0.25, -0.2) is 4.79 Å². The van der Waals surface area contributed by atoms with Gasteiger partial charge in [-0.3, -0.25) is 4.40 Å². The molecule has 0 aliphatic carbocycles. The summed E-state index contributed by atoms with van der Waals surface area (Å²) in [6.45, 7) is 4.31. The van der Waals surface area contributed by atoms with Crippen LogP contribution in [0.4, 0.5) is 0 Å². The number of esters is 1. The third-order valence-electron chi connectivity index (χ3n) is 3.96. The van der Waals surface area contributed by atoms with Crippen molar-refractivity contribution in [2.45, 2.75) is 20.5 Å². The van der Waals surface area contributed by atoms with Crippen molar-refractivity contribution < 1.29 is 14.3 Å². The van der Waals surface area contributed by atoms with E-state index >= 15 is 0 Å². The molecule has 136 valence electrons. The first-order valence-electron chi connectivity index (χ1n) is 8.57. The van der Waals surface area contributed by atoms with Gasteiger partial charge in [-0.05, 0) is 37.1 Å². The van der Waals surface area contributed by atoms with Crippen LogP contribution >= 0.6 is 0 Å². The van der Waals surface area contributed by atoms with Gasteiger partial charge in [0.1, 0.15) is 29.6 Å². The van der Waals surface area contributed by atoms with Gasteiger partial charge in [0.05, 0.1) is 6.61 Å². The number of aryl methyl sites for hydroxylation is 1. The van der Waals surface area contributed by atoms with E-state index in [9.17, 15) is 10.1 Å². The Hall–Kier alpha value is -3.59. The number of carbonyl (C=O) groups is 1. The molecule has 0 saturated carbocycles. The van der Waals surface area contributed by atoms with Crippen LogP contribution in [0, 0.1) is 18.3 Å². The van der Waals surface area contributed by atoms with Gasteiger partial charge in [-0.15, -0.1) is 0 Å². The number of nitriles is 1. The highest BCUT2D eigenvalue weighted by Gasteiger charge is 2.17. The van der Waals surface area contributed by atoms with Crippen molar-refractivity contribution in [3.63, 3.8) is 0 Å². The molecule has 3 aromatic rings. The van der Waals surface area contributed by atoms with Crippen LogP contribution in [0.15, 0.2) is 54.2 Å². The van der Waals surface area contributed by atoms with Crippen LogP contribution < -0.4 is 4.74 Å². The molecular weight excluding hydrogens is 342 g/mol. The zero-order chi connectivity index (χ0) is 19.2. The van der Waals surface area contributed by atoms with Crippen molar-refractivity contribution in [2.24, 2.45) is 0 Å². The van der Waals surface area contributed by atoms with E-state index in [0.717, 1.165) is 11.1 Å². The van der Waals surface area contributed by atoms with E-state index in [2.05, 4.69) is 4.98 Å². The topological polar surface area (TPSA) is 76.6 Å². The van der Waals surface area contributed by atoms with Crippen LogP contribution in [-0.2, 0) is 16.1 Å². The number of benzene rings is 1. The minimum Gasteiger partial charge on any atom is -0.476 e. The molecule has 27 heavy (non-hydrogen) atoms. The highest BCUT2D eigenvalue weighted by molar-refractivity contribution is 5.98. The van der Waals surface area contributed by atoms with Crippen molar-refractivity contribution in [3.8, 4) is 11.9 Å². The third-order valence-corrected chi connectivity index (χ3v) is 3.96. The summed E-state index contributed by atoms with van der Waals surface area (Å²) in [6, 6.07) is 15.0. The lowest BCUT2D eigenvalue weighted by Gasteiger charge is -2.05. The van der Waals surface area contributed by atoms with E-state index in [1.807, 2.05) is 68.6 Å². The predicted molar refractivity (Wildman–Crippen MR) is 101 cm³/mol. The molecule has 0 aliphatic heterocycles. The smallest absolute Gasteiger partial charge is 0.349 e. The maximum Gasteiger partial charge on any atom is 0.349 e. The summed E-state index contributed by atoms with van der Waals surface area (Å²) in [5.74, 6) is -0.318. The molecule has 0 bridgehead atoms. The number of hydrogen-bond donors (Lipinski definition) is 0. The van der Waals surface area contributed by atoms with Crippen LogP contribution in [0.2, 0.25) is 0 Å². The van der Waals surface area contributed by atoms with Gasteiger partial charge in [-0.2, -0.15) is 10.2 Å². The van der Waals surface area contributed by atoms with Crippen LogP contribution in [0.25, 0.3) is 11.7 Å². The summed E-state index contributed by atoms with van der Waals surface area (Å²) in [5, 5.41) is 9.45. The van der Waals surface area contributed by atoms with Crippen molar-refractivity contribution >= 4 is 17.7 Å². The summed E-state index contributed by atoms with van der Waals surface area (Å²) in [4.78, 5) is 16.8. The quantitative estimate of drug-likeness (QED) is 0.380. The number of hydrogen-bond acceptors (Lipinski definition) is 5. The maximum absolute atomic E-state index is 12.4. The number of imidazole rings is 1. The number of carbonyl (C=O) groups excluding carboxylic acids is 1. The standard InChI is InChI=1S/C21H19N3O3/c1-3-26-20-18(24-11-7-8-15(2)19(24)23-20)12-17(13-22)21(25)27-14-16-9-5-4-6-10-16/h4-12H,3,14H2,1-2H3/b17-12-. The first kappa shape index (κ1) is 18.2. The van der Waals surface area contributed by atoms with Crippen molar-refractivity contribution in [2.75, 3.05) is 6.61 Å². The molecule has 1 aromatic carbocycles. The van der Waals surface area contributed by atoms with Crippen LogP contribution in [0.3, 0.4) is 0 Å². The lowest BCUT2D eigenvalue weighted by Crippen LogP contribution is -2.07. The van der Waals surface area contributed by atoms with Crippen molar-refractivity contribution in [3.05, 3.63) is 71.1 Å². The molecule has 0 atom stereocenters. The molecule has 0 radical (unpaired) electrons. The first-order chi connectivity index (χ1) is 13.1. The molecule has 0 fully saturated rings. The summed E-state index contributed by atoms with van der Waals surface area (Å²) >= 11 is 0. The highest BCUT2D eigenvalue weighted by atomic mass is 16.5. The van der Waals surface area contributed by atoms with Gasteiger partial charge in [0.15, 0.2) is 0 Å². The fourth-order valence-electron chi connectivity index (χ4n) is 2.65. The monoisotopic (exact) mass is 361 g/mol. The molecule has 0 aliphatic rings. The molecule has 0 amide bonds. The summed E-state index contributed by atoms with van der Waals surface area (Å²) in [5.41, 5.74) is 2.94. The molecule has 6 heteroatoms. The molecule has 6 nitrogen and oxygen atoms in total. The lowest BCUT2D eigenvalue weighted by atomic mass is 10.2. The van der Waals surface area contributed by atoms with Crippen LogP contribution in [0.5, 0.6) is 5.88 Å². The number of fused-ring (bicyclic) bond motifs is 1. The zero-order valence-electron chi connectivity index (χ0n) is 15.2. The third kappa shape index (κ3) is 3.98. The Morgan fingerprint density at radius 1 is 1.26 bits per heavy atom. The molecule has 2 heterocycles. The number of ether oxygens (including phenoxy) is 2. The average Bonchev–Trinajstić information content (AvgIpc) is 3.04. The minimum absolute atomic E-state index is 0.100. The predicted octanol–water partition coefficient (Wildman–Crippen LogP) is 3.69. The summed E-state index contributed by atoms with van der Waals surface area (Å²) in [6.07, 6.45) is 3.27. The second-order valence-corrected chi connectivity index (χ2v) is 5.85. The Bertz CT molecular complexity index is 1030. The van der Waals surface area contributed by atoms with E-state index in [4.69, 9.17) is 9.47 Å². The minimum atomic E-state index is -0.689. The summed E-state index contributed by atoms with van der Waals surface area (Å²) in [7, 11) is 0. The van der Waals surface area contributed by atoms with E-state index < -0.39 is 5.97 Å². The molecule has 0 unspecified atom stereocenters. The SMILES string of the molecule is CCOc1nc2c(C)cccn2c1/C=C(/C#N)C(=O)OCc1ccccc1. The van der Waals surface area contributed by atoms with Crippen molar-refractivity contribution in [1.82, 2.24) is 9.38 Å². The van der Waals surface area contributed by atoms with Gasteiger partial charge in [0, 0.05) is 6.20 Å². The lowest BCUT2D eigenvalue weighted by molar-refractivity contribution is -0.139. The molecule has 3 rings (SSSR count). The average molecular weight is 361 g/mol. The Labute approximate surface area is 157 Å². The molecule has 0 N–H and O–H groups in total. The Balaban J connectivity index is 1.93. The molecular formula is C21H19N3O3. The van der Waals surface area contributed by atoms with E-state index in [1.54, 1.807) is 4.40 Å². The fraction of sp³-hybridized carbons (Fsp3) is 0.190. The molecule has 2 aromatic heterocycles. The van der Waals surface area contributed by atoms with Gasteiger partial charge in [-0.1, -0.05) is 36.4 Å². The Morgan fingerprint density at radius 3 is 2.74 bits per heavy atom. The van der Waals surface area contributed by atoms with Crippen molar-refractivity contribution in [1.29, 1.82) is 5.26 Å². The van der Waals surface area contributed by atoms with E-state index in [0.29, 0.717) is 23.8 Å². The first-order valence-corrected chi connectivity index (χ1v) is 8.57. The van der Waals surface area contributed by atoms with Gasteiger partial charge < -0.3 is 9.47 Å². The maximum atomic E-state index is 12.4. The zero-order valence-corrected chi connectivity index (χ0v) is 15.2. The second kappa shape index (κ2) is 8.19. The van der Waals surface area contributed by atoms with E-state index in [1.165, 1.54) is 6.08 Å². The Morgan fingerprint density at radius 2 is 2.04 bits per heavy atom. The largest absolute Gasteiger partial charge is 0.476 e. The number of rotatable bonds is 6. The number of aromatic nitrogens is 2. The van der Waals surface area contributed by atoms with Crippen LogP contribution in [0.1, 0.15) is 23.7 Å².